The van der Waals surface area contributed by atoms with Gasteiger partial charge in [0.2, 0.25) is 0 Å². The third-order valence-electron chi connectivity index (χ3n) is 4.83. The van der Waals surface area contributed by atoms with Gasteiger partial charge < -0.3 is 30.3 Å². The highest BCUT2D eigenvalue weighted by Gasteiger charge is 2.22. The minimum Gasteiger partial charge on any atom is -0.489 e. The highest BCUT2D eigenvalue weighted by atomic mass is 35.5. The number of aliphatic carboxylic acids is 1. The Hall–Kier alpha value is -3.82. The number of amides is 1. The molecule has 8 nitrogen and oxygen atoms in total. The molecule has 4 N–H and O–H groups in total. The van der Waals surface area contributed by atoms with Gasteiger partial charge in [-0.1, -0.05) is 48.0 Å². The summed E-state index contributed by atoms with van der Waals surface area (Å²) in [5, 5.41) is 25.0. The summed E-state index contributed by atoms with van der Waals surface area (Å²) >= 11 is 5.98. The fraction of sp³-hybridized carbons (Fsp3) is 0.200. The molecule has 0 heterocycles. The van der Waals surface area contributed by atoms with Crippen molar-refractivity contribution in [3.63, 3.8) is 0 Å². The van der Waals surface area contributed by atoms with Crippen molar-refractivity contribution >= 4 is 29.4 Å². The van der Waals surface area contributed by atoms with Crippen molar-refractivity contribution in [3.8, 4) is 5.75 Å². The van der Waals surface area contributed by atoms with Gasteiger partial charge in [-0.25, -0.2) is 14.0 Å². The maximum absolute atomic E-state index is 13.0. The molecular formula is C25H24ClFN2O6. The van der Waals surface area contributed by atoms with E-state index in [2.05, 4.69) is 10.6 Å². The Kier molecular flexibility index (Phi) is 9.28. The van der Waals surface area contributed by atoms with Crippen LogP contribution in [0.3, 0.4) is 0 Å². The molecule has 0 bridgehead atoms. The van der Waals surface area contributed by atoms with E-state index in [1.807, 2.05) is 0 Å². The Labute approximate surface area is 206 Å². The van der Waals surface area contributed by atoms with E-state index in [-0.39, 0.29) is 25.5 Å². The molecule has 1 amide bonds. The molecule has 0 aromatic heterocycles. The lowest BCUT2D eigenvalue weighted by molar-refractivity contribution is -0.140. The smallest absolute Gasteiger partial charge is 0.408 e. The number of hydrogen-bond donors (Lipinski definition) is 4. The molecule has 0 aliphatic carbocycles. The molecule has 0 saturated heterocycles. The van der Waals surface area contributed by atoms with Gasteiger partial charge in [0, 0.05) is 12.1 Å². The molecule has 0 spiro atoms. The number of ether oxygens (including phenoxy) is 2. The Balaban J connectivity index is 1.44. The number of benzene rings is 3. The molecule has 2 atom stereocenters. The van der Waals surface area contributed by atoms with Crippen LogP contribution in [-0.4, -0.2) is 41.2 Å². The fourth-order valence-corrected chi connectivity index (χ4v) is 3.22. The van der Waals surface area contributed by atoms with Gasteiger partial charge >= 0.3 is 12.1 Å². The molecule has 0 radical (unpaired) electrons. The van der Waals surface area contributed by atoms with E-state index in [1.54, 1.807) is 60.7 Å². The van der Waals surface area contributed by atoms with Crippen LogP contribution in [0, 0.1) is 5.82 Å². The van der Waals surface area contributed by atoms with E-state index in [1.165, 1.54) is 12.1 Å². The van der Waals surface area contributed by atoms with Gasteiger partial charge in [0.05, 0.1) is 5.02 Å². The number of halogens is 2. The quantitative estimate of drug-likeness (QED) is 0.290. The van der Waals surface area contributed by atoms with Gasteiger partial charge in [0.25, 0.3) is 0 Å². The van der Waals surface area contributed by atoms with Crippen LogP contribution >= 0.6 is 11.6 Å². The molecule has 0 aliphatic heterocycles. The van der Waals surface area contributed by atoms with Crippen LogP contribution in [0.5, 0.6) is 5.75 Å². The summed E-state index contributed by atoms with van der Waals surface area (Å²) < 4.78 is 23.5. The lowest BCUT2D eigenvalue weighted by atomic mass is 10.1. The molecule has 3 aromatic carbocycles. The van der Waals surface area contributed by atoms with Crippen molar-refractivity contribution in [2.75, 3.05) is 11.9 Å². The number of alkyl carbamates (subject to hydrolysis) is 1. The number of nitrogens with one attached hydrogen (secondary N) is 2. The molecule has 3 rings (SSSR count). The molecule has 0 fully saturated rings. The van der Waals surface area contributed by atoms with Gasteiger partial charge in [0.1, 0.15) is 31.0 Å². The number of rotatable bonds is 11. The minimum atomic E-state index is -1.34. The zero-order valence-electron chi connectivity index (χ0n) is 18.5. The summed E-state index contributed by atoms with van der Waals surface area (Å²) in [5.74, 6) is -1.33. The van der Waals surface area contributed by atoms with Crippen LogP contribution < -0.4 is 15.4 Å². The van der Waals surface area contributed by atoms with Gasteiger partial charge in [0.15, 0.2) is 6.04 Å². The van der Waals surface area contributed by atoms with Gasteiger partial charge in [-0.3, -0.25) is 0 Å². The van der Waals surface area contributed by atoms with Crippen molar-refractivity contribution in [1.29, 1.82) is 0 Å². The number of para-hydroxylation sites is 1. The summed E-state index contributed by atoms with van der Waals surface area (Å²) in [4.78, 5) is 23.5. The maximum atomic E-state index is 13.0. The summed E-state index contributed by atoms with van der Waals surface area (Å²) in [5.41, 5.74) is 2.06. The molecule has 184 valence electrons. The average Bonchev–Trinajstić information content (AvgIpc) is 2.83. The van der Waals surface area contributed by atoms with Gasteiger partial charge in [-0.2, -0.15) is 0 Å². The van der Waals surface area contributed by atoms with E-state index < -0.39 is 24.3 Å². The topological polar surface area (TPSA) is 117 Å². The van der Waals surface area contributed by atoms with Crippen molar-refractivity contribution in [1.82, 2.24) is 5.32 Å². The zero-order chi connectivity index (χ0) is 25.2. The molecule has 1 unspecified atom stereocenters. The Morgan fingerprint density at radius 1 is 0.971 bits per heavy atom. The van der Waals surface area contributed by atoms with E-state index in [0.717, 1.165) is 5.56 Å². The van der Waals surface area contributed by atoms with Gasteiger partial charge in [-0.05, 0) is 47.5 Å². The third-order valence-corrected chi connectivity index (χ3v) is 5.14. The normalized spacial score (nSPS) is 12.3. The Morgan fingerprint density at radius 2 is 1.63 bits per heavy atom. The third kappa shape index (κ3) is 8.47. The first-order chi connectivity index (χ1) is 16.8. The second-order valence-corrected chi connectivity index (χ2v) is 7.95. The van der Waals surface area contributed by atoms with E-state index >= 15 is 0 Å². The predicted octanol–water partition coefficient (Wildman–Crippen LogP) is 4.21. The van der Waals surface area contributed by atoms with E-state index in [9.17, 15) is 24.2 Å². The highest BCUT2D eigenvalue weighted by molar-refractivity contribution is 6.32. The number of aliphatic hydroxyl groups excluding tert-OH is 1. The van der Waals surface area contributed by atoms with Crippen molar-refractivity contribution in [2.24, 2.45) is 0 Å². The molecule has 35 heavy (non-hydrogen) atoms. The Bertz CT molecular complexity index is 1130. The number of carboxylic acid groups (broad SMARTS) is 1. The SMILES string of the molecule is O=C(N[C@@H](COc1ccccc1Cl)C(=O)O)OCc1ccc(NC(O)Cc2ccc(F)cc2)cc1. The number of carbonyl (C=O) groups excluding carboxylic acids is 1. The maximum Gasteiger partial charge on any atom is 0.408 e. The second-order valence-electron chi connectivity index (χ2n) is 7.54. The van der Waals surface area contributed by atoms with Crippen LogP contribution in [0.2, 0.25) is 5.02 Å². The van der Waals surface area contributed by atoms with Gasteiger partial charge in [-0.15, -0.1) is 0 Å². The number of anilines is 1. The van der Waals surface area contributed by atoms with Crippen LogP contribution in [0.25, 0.3) is 0 Å². The first kappa shape index (κ1) is 25.8. The molecule has 3 aromatic rings. The summed E-state index contributed by atoms with van der Waals surface area (Å²) in [6.45, 7) is -0.434. The second kappa shape index (κ2) is 12.6. The molecular weight excluding hydrogens is 479 g/mol. The molecule has 0 aliphatic rings. The first-order valence-corrected chi connectivity index (χ1v) is 11.0. The monoisotopic (exact) mass is 502 g/mol. The van der Waals surface area contributed by atoms with Crippen molar-refractivity contribution in [2.45, 2.75) is 25.3 Å². The highest BCUT2D eigenvalue weighted by Crippen LogP contribution is 2.23. The molecule has 0 saturated carbocycles. The number of hydrogen-bond acceptors (Lipinski definition) is 6. The lowest BCUT2D eigenvalue weighted by Crippen LogP contribution is -2.45. The van der Waals surface area contributed by atoms with Crippen molar-refractivity contribution in [3.05, 3.63) is 94.8 Å². The number of aliphatic hydroxyl groups is 1. The minimum absolute atomic E-state index is 0.0953. The van der Waals surface area contributed by atoms with Crippen LogP contribution in [0.15, 0.2) is 72.8 Å². The first-order valence-electron chi connectivity index (χ1n) is 10.6. The largest absolute Gasteiger partial charge is 0.489 e. The summed E-state index contributed by atoms with van der Waals surface area (Å²) in [6, 6.07) is 17.9. The van der Waals surface area contributed by atoms with Crippen molar-refractivity contribution < 1.29 is 33.7 Å². The molecule has 10 heteroatoms. The van der Waals surface area contributed by atoms with Crippen LogP contribution in [-0.2, 0) is 22.6 Å². The fourth-order valence-electron chi connectivity index (χ4n) is 3.03. The standard InChI is InChI=1S/C25H24ClFN2O6/c26-20-3-1-2-4-22(20)34-15-21(24(31)32)29-25(33)35-14-17-7-11-19(12-8-17)28-23(30)13-16-5-9-18(27)10-6-16/h1-12,21,23,28,30H,13-15H2,(H,29,33)(H,31,32)/t21-,23?/m0/s1. The summed E-state index contributed by atoms with van der Waals surface area (Å²) in [6.07, 6.45) is -1.51. The average molecular weight is 503 g/mol. The predicted molar refractivity (Wildman–Crippen MR) is 128 cm³/mol. The van der Waals surface area contributed by atoms with Crippen LogP contribution in [0.4, 0.5) is 14.9 Å². The number of carbonyl (C=O) groups is 2. The van der Waals surface area contributed by atoms with Crippen LogP contribution in [0.1, 0.15) is 11.1 Å². The Morgan fingerprint density at radius 3 is 2.29 bits per heavy atom. The summed E-state index contributed by atoms with van der Waals surface area (Å²) in [7, 11) is 0. The van der Waals surface area contributed by atoms with E-state index in [0.29, 0.717) is 22.0 Å². The zero-order valence-corrected chi connectivity index (χ0v) is 19.2. The number of carboxylic acids is 1. The lowest BCUT2D eigenvalue weighted by Gasteiger charge is -2.16. The van der Waals surface area contributed by atoms with E-state index in [4.69, 9.17) is 21.1 Å².